The Bertz CT molecular complexity index is 604. The Balaban J connectivity index is 2.36. The van der Waals surface area contributed by atoms with Crippen LogP contribution in [0.25, 0.3) is 0 Å². The van der Waals surface area contributed by atoms with Gasteiger partial charge < -0.3 is 5.73 Å². The van der Waals surface area contributed by atoms with Gasteiger partial charge in [-0.05, 0) is 28.1 Å². The summed E-state index contributed by atoms with van der Waals surface area (Å²) in [6.07, 6.45) is -4.54. The van der Waals surface area contributed by atoms with E-state index >= 15 is 0 Å². The number of benzene rings is 1. The van der Waals surface area contributed by atoms with E-state index in [1.807, 2.05) is 6.07 Å². The topological polar surface area (TPSA) is 51.8 Å². The van der Waals surface area contributed by atoms with Gasteiger partial charge in [0.15, 0.2) is 5.69 Å². The molecule has 0 amide bonds. The highest BCUT2D eigenvalue weighted by Crippen LogP contribution is 2.35. The van der Waals surface area contributed by atoms with Crippen LogP contribution in [0.15, 0.2) is 44.7 Å². The molecule has 2 aromatic rings. The van der Waals surface area contributed by atoms with Crippen LogP contribution in [0.3, 0.4) is 0 Å². The number of anilines is 1. The van der Waals surface area contributed by atoms with E-state index in [-0.39, 0.29) is 5.03 Å². The molecule has 19 heavy (non-hydrogen) atoms. The first kappa shape index (κ1) is 14.1. The number of alkyl halides is 3. The molecule has 0 fully saturated rings. The van der Waals surface area contributed by atoms with Crippen LogP contribution in [0.2, 0.25) is 0 Å². The van der Waals surface area contributed by atoms with E-state index < -0.39 is 17.8 Å². The lowest BCUT2D eigenvalue weighted by atomic mass is 10.4. The average molecular weight is 350 g/mol. The summed E-state index contributed by atoms with van der Waals surface area (Å²) in [4.78, 5) is 7.72. The van der Waals surface area contributed by atoms with Crippen LogP contribution in [0.1, 0.15) is 5.69 Å². The fourth-order valence-electron chi connectivity index (χ4n) is 1.28. The molecule has 0 radical (unpaired) electrons. The maximum atomic E-state index is 12.6. The Morgan fingerprint density at radius 1 is 1.16 bits per heavy atom. The van der Waals surface area contributed by atoms with Gasteiger partial charge in [0.05, 0.1) is 0 Å². The van der Waals surface area contributed by atoms with Crippen LogP contribution in [0.5, 0.6) is 0 Å². The quantitative estimate of drug-likeness (QED) is 0.832. The third kappa shape index (κ3) is 3.60. The fourth-order valence-corrected chi connectivity index (χ4v) is 2.66. The lowest BCUT2D eigenvalue weighted by Crippen LogP contribution is -2.11. The van der Waals surface area contributed by atoms with Gasteiger partial charge in [-0.15, -0.1) is 0 Å². The molecule has 1 heterocycles. The van der Waals surface area contributed by atoms with Gasteiger partial charge in [-0.25, -0.2) is 9.97 Å². The molecule has 0 aliphatic rings. The maximum absolute atomic E-state index is 12.6. The molecule has 8 heteroatoms. The lowest BCUT2D eigenvalue weighted by Gasteiger charge is -2.09. The Morgan fingerprint density at radius 3 is 2.47 bits per heavy atom. The van der Waals surface area contributed by atoms with Crippen molar-refractivity contribution in [2.24, 2.45) is 0 Å². The molecule has 0 aliphatic carbocycles. The van der Waals surface area contributed by atoms with E-state index in [9.17, 15) is 13.2 Å². The van der Waals surface area contributed by atoms with Gasteiger partial charge in [0.25, 0.3) is 0 Å². The van der Waals surface area contributed by atoms with Gasteiger partial charge in [0, 0.05) is 15.4 Å². The maximum Gasteiger partial charge on any atom is 0.433 e. The monoisotopic (exact) mass is 349 g/mol. The second kappa shape index (κ2) is 5.38. The summed E-state index contributed by atoms with van der Waals surface area (Å²) in [5, 5.41) is 0.145. The minimum Gasteiger partial charge on any atom is -0.368 e. The molecular formula is C11H7BrF3N3S. The highest BCUT2D eigenvalue weighted by Gasteiger charge is 2.33. The molecule has 2 N–H and O–H groups in total. The Labute approximate surface area is 119 Å². The van der Waals surface area contributed by atoms with E-state index in [1.54, 1.807) is 18.2 Å². The zero-order valence-corrected chi connectivity index (χ0v) is 11.7. The average Bonchev–Trinajstić information content (AvgIpc) is 2.30. The van der Waals surface area contributed by atoms with Crippen LogP contribution < -0.4 is 5.73 Å². The van der Waals surface area contributed by atoms with Gasteiger partial charge in [-0.1, -0.05) is 23.9 Å². The summed E-state index contributed by atoms with van der Waals surface area (Å²) in [7, 11) is 0. The standard InChI is InChI=1S/C11H7BrF3N3S/c12-6-3-1-2-4-7(6)19-9-5-8(11(13,14)15)17-10(16)18-9/h1-5H,(H2,16,17,18). The van der Waals surface area contributed by atoms with Crippen molar-refractivity contribution in [1.82, 2.24) is 9.97 Å². The van der Waals surface area contributed by atoms with Gasteiger partial charge >= 0.3 is 6.18 Å². The number of aromatic nitrogens is 2. The highest BCUT2D eigenvalue weighted by atomic mass is 79.9. The number of nitrogen functional groups attached to an aromatic ring is 1. The van der Waals surface area contributed by atoms with Crippen LogP contribution in [-0.4, -0.2) is 9.97 Å². The number of hydrogen-bond acceptors (Lipinski definition) is 4. The Hall–Kier alpha value is -1.28. The molecule has 0 atom stereocenters. The van der Waals surface area contributed by atoms with Crippen molar-refractivity contribution in [2.45, 2.75) is 16.1 Å². The summed E-state index contributed by atoms with van der Waals surface area (Å²) in [6, 6.07) is 8.02. The largest absolute Gasteiger partial charge is 0.433 e. The van der Waals surface area contributed by atoms with Crippen molar-refractivity contribution < 1.29 is 13.2 Å². The molecule has 1 aromatic carbocycles. The molecule has 0 bridgehead atoms. The smallest absolute Gasteiger partial charge is 0.368 e. The molecule has 0 saturated carbocycles. The second-order valence-corrected chi connectivity index (χ2v) is 5.40. The van der Waals surface area contributed by atoms with Crippen molar-refractivity contribution in [3.8, 4) is 0 Å². The zero-order valence-electron chi connectivity index (χ0n) is 9.28. The van der Waals surface area contributed by atoms with E-state index in [1.165, 1.54) is 0 Å². The van der Waals surface area contributed by atoms with E-state index in [0.29, 0.717) is 0 Å². The first-order valence-electron chi connectivity index (χ1n) is 5.00. The minimum absolute atomic E-state index is 0.145. The minimum atomic E-state index is -4.54. The normalized spacial score (nSPS) is 11.6. The number of nitrogens with zero attached hydrogens (tertiary/aromatic N) is 2. The predicted octanol–water partition coefficient (Wildman–Crippen LogP) is 3.99. The molecule has 0 saturated heterocycles. The predicted molar refractivity (Wildman–Crippen MR) is 69.7 cm³/mol. The molecular weight excluding hydrogens is 343 g/mol. The van der Waals surface area contributed by atoms with Crippen molar-refractivity contribution in [3.05, 3.63) is 40.5 Å². The van der Waals surface area contributed by atoms with E-state index in [4.69, 9.17) is 5.73 Å². The zero-order chi connectivity index (χ0) is 14.0. The molecule has 0 spiro atoms. The van der Waals surface area contributed by atoms with Crippen LogP contribution in [-0.2, 0) is 6.18 Å². The first-order chi connectivity index (χ1) is 8.86. The number of hydrogen-bond donors (Lipinski definition) is 1. The van der Waals surface area contributed by atoms with E-state index in [0.717, 1.165) is 27.2 Å². The number of halogens is 4. The van der Waals surface area contributed by atoms with Gasteiger partial charge in [0.2, 0.25) is 5.95 Å². The highest BCUT2D eigenvalue weighted by molar-refractivity contribution is 9.10. The molecule has 0 unspecified atom stereocenters. The summed E-state index contributed by atoms with van der Waals surface area (Å²) >= 11 is 4.39. The van der Waals surface area contributed by atoms with Gasteiger partial charge in [0.1, 0.15) is 5.03 Å². The van der Waals surface area contributed by atoms with Gasteiger partial charge in [-0.2, -0.15) is 13.2 Å². The van der Waals surface area contributed by atoms with Crippen LogP contribution in [0, 0.1) is 0 Å². The third-order valence-electron chi connectivity index (χ3n) is 2.06. The van der Waals surface area contributed by atoms with Crippen molar-refractivity contribution in [3.63, 3.8) is 0 Å². The summed E-state index contributed by atoms with van der Waals surface area (Å²) in [5.41, 5.74) is 4.25. The van der Waals surface area contributed by atoms with Crippen molar-refractivity contribution in [2.75, 3.05) is 5.73 Å². The molecule has 100 valence electrons. The van der Waals surface area contributed by atoms with Crippen molar-refractivity contribution in [1.29, 1.82) is 0 Å². The fraction of sp³-hybridized carbons (Fsp3) is 0.0909. The van der Waals surface area contributed by atoms with Crippen LogP contribution >= 0.6 is 27.7 Å². The summed E-state index contributed by atoms with van der Waals surface area (Å²) in [6.45, 7) is 0. The summed E-state index contributed by atoms with van der Waals surface area (Å²) < 4.78 is 38.6. The SMILES string of the molecule is Nc1nc(Sc2ccccc2Br)cc(C(F)(F)F)n1. The number of rotatable bonds is 2. The second-order valence-electron chi connectivity index (χ2n) is 3.48. The first-order valence-corrected chi connectivity index (χ1v) is 6.61. The molecule has 2 rings (SSSR count). The van der Waals surface area contributed by atoms with Crippen LogP contribution in [0.4, 0.5) is 19.1 Å². The molecule has 1 aromatic heterocycles. The lowest BCUT2D eigenvalue weighted by molar-refractivity contribution is -0.141. The number of nitrogens with two attached hydrogens (primary N) is 1. The molecule has 0 aliphatic heterocycles. The van der Waals surface area contributed by atoms with Crippen molar-refractivity contribution >= 4 is 33.6 Å². The van der Waals surface area contributed by atoms with E-state index in [2.05, 4.69) is 25.9 Å². The Morgan fingerprint density at radius 2 is 1.84 bits per heavy atom. The third-order valence-corrected chi connectivity index (χ3v) is 4.01. The van der Waals surface area contributed by atoms with Gasteiger partial charge in [-0.3, -0.25) is 0 Å². The Kier molecular flexibility index (Phi) is 4.00. The molecule has 3 nitrogen and oxygen atoms in total. The summed E-state index contributed by atoms with van der Waals surface area (Å²) in [5.74, 6) is -0.399.